The van der Waals surface area contributed by atoms with E-state index >= 15 is 0 Å². The smallest absolute Gasteiger partial charge is 0.298 e. The van der Waals surface area contributed by atoms with Crippen LogP contribution in [0, 0.1) is 25.7 Å². The lowest BCUT2D eigenvalue weighted by Crippen LogP contribution is -2.47. The summed E-state index contributed by atoms with van der Waals surface area (Å²) in [4.78, 5) is -0.132. The van der Waals surface area contributed by atoms with Gasteiger partial charge in [0, 0.05) is 16.3 Å². The van der Waals surface area contributed by atoms with E-state index in [0.717, 1.165) is 5.57 Å². The summed E-state index contributed by atoms with van der Waals surface area (Å²) >= 11 is 7.10. The van der Waals surface area contributed by atoms with Gasteiger partial charge in [0.25, 0.3) is 10.1 Å². The number of phenolic OH excluding ortho intramolecular Hbond substituents is 1. The molecule has 2 aromatic rings. The first-order valence-corrected chi connectivity index (χ1v) is 13.1. The molecule has 1 aliphatic carbocycles. The third-order valence-corrected chi connectivity index (χ3v) is 10.3. The van der Waals surface area contributed by atoms with Crippen LogP contribution >= 0.6 is 31.9 Å². The monoisotopic (exact) mass is 570 g/mol. The molecule has 0 radical (unpaired) electrons. The van der Waals surface area contributed by atoms with Crippen LogP contribution in [0.4, 0.5) is 0 Å². The molecule has 5 atom stereocenters. The predicted molar refractivity (Wildman–Crippen MR) is 126 cm³/mol. The van der Waals surface area contributed by atoms with E-state index in [4.69, 9.17) is 4.18 Å². The summed E-state index contributed by atoms with van der Waals surface area (Å²) in [7, 11) is -4.02. The van der Waals surface area contributed by atoms with E-state index in [2.05, 4.69) is 31.9 Å². The van der Waals surface area contributed by atoms with Gasteiger partial charge in [0.1, 0.15) is 16.2 Å². The van der Waals surface area contributed by atoms with Crippen molar-refractivity contribution in [3.05, 3.63) is 68.7 Å². The number of aliphatic hydroxyl groups is 1. The third kappa shape index (κ3) is 3.25. The van der Waals surface area contributed by atoms with E-state index < -0.39 is 27.7 Å². The minimum Gasteiger partial charge on any atom is -0.506 e. The molecule has 2 aromatic carbocycles. The lowest BCUT2D eigenvalue weighted by molar-refractivity contribution is 0.0384. The molecule has 0 fully saturated rings. The number of fused-ring (bicyclic) bond motifs is 1. The standard InChI is InChI=1S/C23H24Br2O5S/c1-11-9-16(13(3)19(24)21(11)26)23(17-10-12(2)22(27)20(25)14(17)4)15-7-5-6-8-18(15)31(28,29)30-23/h5-10,13,16,19,21,26-27H,1-4H3/t13?,16?,19?,21?,23-/m0/s1. The van der Waals surface area contributed by atoms with Gasteiger partial charge < -0.3 is 10.2 Å². The molecule has 166 valence electrons. The molecule has 0 bridgehead atoms. The van der Waals surface area contributed by atoms with Crippen LogP contribution in [0.15, 0.2) is 51.3 Å². The van der Waals surface area contributed by atoms with E-state index in [-0.39, 0.29) is 21.4 Å². The van der Waals surface area contributed by atoms with Gasteiger partial charge in [0.2, 0.25) is 0 Å². The van der Waals surface area contributed by atoms with Crippen molar-refractivity contribution in [3.8, 4) is 5.75 Å². The highest BCUT2D eigenvalue weighted by Gasteiger charge is 2.58. The Morgan fingerprint density at radius 3 is 2.45 bits per heavy atom. The molecule has 1 aliphatic heterocycles. The lowest BCUT2D eigenvalue weighted by atomic mass is 9.65. The van der Waals surface area contributed by atoms with Crippen LogP contribution in [0.25, 0.3) is 0 Å². The van der Waals surface area contributed by atoms with E-state index in [1.165, 1.54) is 0 Å². The molecule has 8 heteroatoms. The zero-order valence-corrected chi connectivity index (χ0v) is 21.5. The van der Waals surface area contributed by atoms with Gasteiger partial charge in [-0.2, -0.15) is 8.42 Å². The van der Waals surface area contributed by atoms with Gasteiger partial charge in [-0.25, -0.2) is 4.18 Å². The zero-order chi connectivity index (χ0) is 22.9. The largest absolute Gasteiger partial charge is 0.506 e. The van der Waals surface area contributed by atoms with Gasteiger partial charge >= 0.3 is 0 Å². The Morgan fingerprint density at radius 1 is 1.13 bits per heavy atom. The Bertz CT molecular complexity index is 1210. The van der Waals surface area contributed by atoms with Crippen molar-refractivity contribution in [1.82, 2.24) is 0 Å². The second-order valence-corrected chi connectivity index (χ2v) is 11.8. The summed E-state index contributed by atoms with van der Waals surface area (Å²) in [5, 5.41) is 21.1. The van der Waals surface area contributed by atoms with Crippen molar-refractivity contribution >= 4 is 42.0 Å². The van der Waals surface area contributed by atoms with E-state index in [1.807, 2.05) is 26.8 Å². The maximum absolute atomic E-state index is 13.2. The van der Waals surface area contributed by atoms with Crippen molar-refractivity contribution < 1.29 is 22.8 Å². The second kappa shape index (κ2) is 7.70. The van der Waals surface area contributed by atoms with Gasteiger partial charge in [-0.15, -0.1) is 0 Å². The highest BCUT2D eigenvalue weighted by molar-refractivity contribution is 9.10. The molecule has 5 nitrogen and oxygen atoms in total. The summed E-state index contributed by atoms with van der Waals surface area (Å²) in [6.07, 6.45) is 1.26. The second-order valence-electron chi connectivity index (χ2n) is 8.48. The van der Waals surface area contributed by atoms with Crippen molar-refractivity contribution in [2.45, 2.75) is 49.1 Å². The molecular weight excluding hydrogens is 548 g/mol. The summed E-state index contributed by atoms with van der Waals surface area (Å²) in [6, 6.07) is 8.65. The summed E-state index contributed by atoms with van der Waals surface area (Å²) < 4.78 is 33.0. The van der Waals surface area contributed by atoms with E-state index in [9.17, 15) is 18.6 Å². The van der Waals surface area contributed by atoms with Crippen LogP contribution in [0.3, 0.4) is 0 Å². The Balaban J connectivity index is 2.14. The molecule has 2 aliphatic rings. The SMILES string of the molecule is CC1=CC([C@@]2(c3cc(C)c(O)c(Br)c3C)OS(=O)(=O)c3ccccc32)C(C)C(Br)C1O. The molecule has 31 heavy (non-hydrogen) atoms. The maximum Gasteiger partial charge on any atom is 0.298 e. The van der Waals surface area contributed by atoms with Gasteiger partial charge in [-0.1, -0.05) is 47.1 Å². The number of aryl methyl sites for hydroxylation is 1. The van der Waals surface area contributed by atoms with Gasteiger partial charge in [-0.05, 0) is 77.0 Å². The lowest BCUT2D eigenvalue weighted by Gasteiger charge is -2.45. The Kier molecular flexibility index (Phi) is 5.71. The highest BCUT2D eigenvalue weighted by Crippen LogP contribution is 2.57. The number of alkyl halides is 1. The van der Waals surface area contributed by atoms with Crippen LogP contribution < -0.4 is 0 Å². The number of hydrogen-bond donors (Lipinski definition) is 2. The number of aliphatic hydroxyl groups excluding tert-OH is 1. The number of halogens is 2. The average Bonchev–Trinajstić information content (AvgIpc) is 2.98. The summed E-state index contributed by atoms with van der Waals surface area (Å²) in [5.41, 5.74) is 1.95. The van der Waals surface area contributed by atoms with Gasteiger partial charge in [0.15, 0.2) is 0 Å². The fraction of sp³-hybridized carbons (Fsp3) is 0.391. The molecule has 1 heterocycles. The highest BCUT2D eigenvalue weighted by atomic mass is 79.9. The number of rotatable bonds is 2. The Morgan fingerprint density at radius 2 is 1.77 bits per heavy atom. The Hall–Kier alpha value is -1.19. The molecule has 2 N–H and O–H groups in total. The van der Waals surface area contributed by atoms with Crippen molar-refractivity contribution in [3.63, 3.8) is 0 Å². The topological polar surface area (TPSA) is 83.8 Å². The number of aromatic hydroxyl groups is 1. The molecular formula is C23H24Br2O5S. The average molecular weight is 572 g/mol. The molecule has 0 saturated carbocycles. The fourth-order valence-electron chi connectivity index (χ4n) is 4.86. The van der Waals surface area contributed by atoms with Gasteiger partial charge in [0.05, 0.1) is 10.6 Å². The minimum atomic E-state index is -4.02. The van der Waals surface area contributed by atoms with Crippen LogP contribution in [0.5, 0.6) is 5.75 Å². The molecule has 0 saturated heterocycles. The number of benzene rings is 2. The molecule has 4 rings (SSSR count). The van der Waals surface area contributed by atoms with E-state index in [1.54, 1.807) is 37.3 Å². The molecule has 4 unspecified atom stereocenters. The Labute approximate surface area is 199 Å². The third-order valence-electron chi connectivity index (χ3n) is 6.62. The quantitative estimate of drug-likeness (QED) is 0.299. The maximum atomic E-state index is 13.2. The minimum absolute atomic E-state index is 0.114. The molecule has 0 amide bonds. The molecule has 0 aromatic heterocycles. The van der Waals surface area contributed by atoms with E-state index in [0.29, 0.717) is 26.7 Å². The van der Waals surface area contributed by atoms with Crippen LogP contribution in [0.2, 0.25) is 0 Å². The van der Waals surface area contributed by atoms with Gasteiger partial charge in [-0.3, -0.25) is 0 Å². The van der Waals surface area contributed by atoms with Crippen LogP contribution in [-0.2, 0) is 19.9 Å². The van der Waals surface area contributed by atoms with Crippen molar-refractivity contribution in [1.29, 1.82) is 0 Å². The first-order chi connectivity index (χ1) is 14.4. The number of hydrogen-bond acceptors (Lipinski definition) is 5. The first-order valence-electron chi connectivity index (χ1n) is 9.98. The van der Waals surface area contributed by atoms with Crippen LogP contribution in [0.1, 0.15) is 36.1 Å². The normalized spacial score (nSPS) is 31.9. The van der Waals surface area contributed by atoms with Crippen molar-refractivity contribution in [2.24, 2.45) is 11.8 Å². The summed E-state index contributed by atoms with van der Waals surface area (Å²) in [6.45, 7) is 7.43. The fourth-order valence-corrected chi connectivity index (χ4v) is 7.60. The number of phenols is 1. The van der Waals surface area contributed by atoms with Crippen molar-refractivity contribution in [2.75, 3.05) is 0 Å². The molecule has 0 spiro atoms. The summed E-state index contributed by atoms with van der Waals surface area (Å²) in [5.74, 6) is -0.441. The zero-order valence-electron chi connectivity index (χ0n) is 17.6. The first kappa shape index (κ1) is 23.0. The predicted octanol–water partition coefficient (Wildman–Crippen LogP) is 5.07. The van der Waals surface area contributed by atoms with Crippen LogP contribution in [-0.4, -0.2) is 29.6 Å².